The molecule has 2 aromatic rings. The number of hydrogen-bond acceptors (Lipinski definition) is 7. The number of anilines is 1. The zero-order valence-electron chi connectivity index (χ0n) is 12.6. The summed E-state index contributed by atoms with van der Waals surface area (Å²) in [7, 11) is 0. The summed E-state index contributed by atoms with van der Waals surface area (Å²) >= 11 is 0. The van der Waals surface area contributed by atoms with Gasteiger partial charge in [0.15, 0.2) is 0 Å². The first-order valence-corrected chi connectivity index (χ1v) is 7.22. The Morgan fingerprint density at radius 2 is 2.26 bits per heavy atom. The van der Waals surface area contributed by atoms with Gasteiger partial charge in [-0.05, 0) is 13.0 Å². The highest BCUT2D eigenvalue weighted by atomic mass is 16.5. The number of hydrogen-bond donors (Lipinski definition) is 3. The van der Waals surface area contributed by atoms with Crippen LogP contribution in [0.15, 0.2) is 21.9 Å². The van der Waals surface area contributed by atoms with Crippen molar-refractivity contribution in [2.45, 2.75) is 13.0 Å². The van der Waals surface area contributed by atoms with Crippen molar-refractivity contribution in [3.63, 3.8) is 0 Å². The minimum Gasteiger partial charge on any atom is -0.394 e. The SMILES string of the molecule is Cc1nnc(-c2c[nH]c(=O)[nH]c2=O)cc1N1CCO[C@@H](CO)C1. The highest BCUT2D eigenvalue weighted by Gasteiger charge is 2.22. The van der Waals surface area contributed by atoms with Crippen LogP contribution in [0.4, 0.5) is 5.69 Å². The van der Waals surface area contributed by atoms with E-state index in [1.807, 2.05) is 11.8 Å². The van der Waals surface area contributed by atoms with Gasteiger partial charge in [0.1, 0.15) is 5.69 Å². The van der Waals surface area contributed by atoms with Gasteiger partial charge in [-0.1, -0.05) is 0 Å². The van der Waals surface area contributed by atoms with Gasteiger partial charge >= 0.3 is 5.69 Å². The molecule has 0 unspecified atom stereocenters. The lowest BCUT2D eigenvalue weighted by molar-refractivity contribution is 0.00352. The molecule has 3 N–H and O–H groups in total. The maximum Gasteiger partial charge on any atom is 0.325 e. The number of aryl methyl sites for hydroxylation is 1. The summed E-state index contributed by atoms with van der Waals surface area (Å²) in [6, 6.07) is 1.75. The molecule has 9 heteroatoms. The van der Waals surface area contributed by atoms with Crippen molar-refractivity contribution >= 4 is 5.69 Å². The van der Waals surface area contributed by atoms with E-state index >= 15 is 0 Å². The van der Waals surface area contributed by atoms with Crippen LogP contribution >= 0.6 is 0 Å². The van der Waals surface area contributed by atoms with Crippen LogP contribution in [0.25, 0.3) is 11.3 Å². The van der Waals surface area contributed by atoms with Gasteiger partial charge in [0, 0.05) is 19.3 Å². The summed E-state index contributed by atoms with van der Waals surface area (Å²) in [5.74, 6) is 0. The zero-order valence-corrected chi connectivity index (χ0v) is 12.6. The van der Waals surface area contributed by atoms with E-state index in [0.29, 0.717) is 31.1 Å². The van der Waals surface area contributed by atoms with Crippen molar-refractivity contribution in [1.29, 1.82) is 0 Å². The van der Waals surface area contributed by atoms with Crippen LogP contribution in [0.5, 0.6) is 0 Å². The standard InChI is InChI=1S/C14H17N5O4/c1-8-12(19-2-3-23-9(6-19)7-20)4-11(18-17-8)10-5-15-14(22)16-13(10)21/h4-5,9,20H,2-3,6-7H2,1H3,(H2,15,16,21,22)/t9-/m1/s1. The molecule has 1 saturated heterocycles. The molecule has 0 radical (unpaired) electrons. The smallest absolute Gasteiger partial charge is 0.325 e. The molecule has 0 aromatic carbocycles. The highest BCUT2D eigenvalue weighted by Crippen LogP contribution is 2.24. The number of aromatic amines is 2. The van der Waals surface area contributed by atoms with E-state index in [4.69, 9.17) is 4.74 Å². The van der Waals surface area contributed by atoms with Crippen LogP contribution in [-0.4, -0.2) is 57.7 Å². The largest absolute Gasteiger partial charge is 0.394 e. The zero-order chi connectivity index (χ0) is 16.4. The number of nitrogens with zero attached hydrogens (tertiary/aromatic N) is 3. The third-order valence-electron chi connectivity index (χ3n) is 3.73. The van der Waals surface area contributed by atoms with E-state index in [-0.39, 0.29) is 18.3 Å². The quantitative estimate of drug-likeness (QED) is 0.664. The molecule has 0 saturated carbocycles. The summed E-state index contributed by atoms with van der Waals surface area (Å²) < 4.78 is 5.44. The minimum absolute atomic E-state index is 0.0551. The molecule has 1 fully saturated rings. The molecule has 122 valence electrons. The molecule has 3 heterocycles. The minimum atomic E-state index is -0.571. The number of morpholine rings is 1. The number of aromatic nitrogens is 4. The van der Waals surface area contributed by atoms with E-state index in [2.05, 4.69) is 20.2 Å². The fourth-order valence-electron chi connectivity index (χ4n) is 2.54. The maximum atomic E-state index is 11.9. The Morgan fingerprint density at radius 3 is 3.00 bits per heavy atom. The van der Waals surface area contributed by atoms with Gasteiger partial charge < -0.3 is 19.7 Å². The van der Waals surface area contributed by atoms with Crippen LogP contribution in [0.2, 0.25) is 0 Å². The van der Waals surface area contributed by atoms with Crippen molar-refractivity contribution in [2.75, 3.05) is 31.2 Å². The number of H-pyrrole nitrogens is 2. The van der Waals surface area contributed by atoms with E-state index in [0.717, 1.165) is 5.69 Å². The third-order valence-corrected chi connectivity index (χ3v) is 3.73. The van der Waals surface area contributed by atoms with Crippen molar-refractivity contribution in [3.05, 3.63) is 38.8 Å². The molecule has 0 amide bonds. The summed E-state index contributed by atoms with van der Waals surface area (Å²) in [5, 5.41) is 17.4. The Morgan fingerprint density at radius 1 is 1.43 bits per heavy atom. The van der Waals surface area contributed by atoms with Gasteiger partial charge in [-0.2, -0.15) is 5.10 Å². The third kappa shape index (κ3) is 3.15. The highest BCUT2D eigenvalue weighted by molar-refractivity contribution is 5.64. The Balaban J connectivity index is 1.99. The fraction of sp³-hybridized carbons (Fsp3) is 0.429. The molecule has 9 nitrogen and oxygen atoms in total. The maximum absolute atomic E-state index is 11.9. The van der Waals surface area contributed by atoms with Crippen molar-refractivity contribution in [1.82, 2.24) is 20.2 Å². The first-order valence-electron chi connectivity index (χ1n) is 7.22. The predicted molar refractivity (Wildman–Crippen MR) is 82.5 cm³/mol. The van der Waals surface area contributed by atoms with E-state index < -0.39 is 11.2 Å². The lowest BCUT2D eigenvalue weighted by atomic mass is 10.1. The van der Waals surface area contributed by atoms with Crippen LogP contribution < -0.4 is 16.1 Å². The average Bonchev–Trinajstić information content (AvgIpc) is 2.56. The number of rotatable bonds is 3. The van der Waals surface area contributed by atoms with Gasteiger partial charge in [0.25, 0.3) is 5.56 Å². The average molecular weight is 319 g/mol. The summed E-state index contributed by atoms with van der Waals surface area (Å²) in [6.07, 6.45) is 1.07. The first kappa shape index (κ1) is 15.4. The van der Waals surface area contributed by atoms with E-state index in [9.17, 15) is 14.7 Å². The van der Waals surface area contributed by atoms with Gasteiger partial charge in [0.05, 0.1) is 36.3 Å². The van der Waals surface area contributed by atoms with Crippen LogP contribution in [-0.2, 0) is 4.74 Å². The van der Waals surface area contributed by atoms with E-state index in [1.54, 1.807) is 6.07 Å². The predicted octanol–water partition coefficient (Wildman–Crippen LogP) is -0.974. The van der Waals surface area contributed by atoms with Crippen molar-refractivity contribution in [2.24, 2.45) is 0 Å². The van der Waals surface area contributed by atoms with Crippen molar-refractivity contribution in [3.8, 4) is 11.3 Å². The molecule has 0 aliphatic carbocycles. The summed E-state index contributed by atoms with van der Waals surface area (Å²) in [4.78, 5) is 29.6. The normalized spacial score (nSPS) is 18.2. The second kappa shape index (κ2) is 6.31. The molecule has 1 aliphatic heterocycles. The molecule has 0 spiro atoms. The summed E-state index contributed by atoms with van der Waals surface area (Å²) in [6.45, 7) is 3.46. The van der Waals surface area contributed by atoms with Gasteiger partial charge in [-0.25, -0.2) is 4.79 Å². The number of nitrogens with one attached hydrogen (secondary N) is 2. The van der Waals surface area contributed by atoms with Crippen LogP contribution in [0, 0.1) is 6.92 Å². The molecule has 3 rings (SSSR count). The van der Waals surface area contributed by atoms with Crippen LogP contribution in [0.3, 0.4) is 0 Å². The van der Waals surface area contributed by atoms with Gasteiger partial charge in [-0.15, -0.1) is 5.10 Å². The molecule has 1 atom stereocenters. The monoisotopic (exact) mass is 319 g/mol. The number of aliphatic hydroxyl groups is 1. The number of aliphatic hydroxyl groups excluding tert-OH is 1. The van der Waals surface area contributed by atoms with Crippen LogP contribution in [0.1, 0.15) is 5.69 Å². The van der Waals surface area contributed by atoms with E-state index in [1.165, 1.54) is 6.20 Å². The first-order chi connectivity index (χ1) is 11.1. The Hall–Kier alpha value is -2.52. The van der Waals surface area contributed by atoms with Gasteiger partial charge in [0.2, 0.25) is 0 Å². The lowest BCUT2D eigenvalue weighted by Crippen LogP contribution is -2.44. The Bertz CT molecular complexity index is 815. The summed E-state index contributed by atoms with van der Waals surface area (Å²) in [5.41, 5.74) is 1.06. The molecular weight excluding hydrogens is 302 g/mol. The number of ether oxygens (including phenoxy) is 1. The second-order valence-corrected chi connectivity index (χ2v) is 5.31. The fourth-order valence-corrected chi connectivity index (χ4v) is 2.54. The Kier molecular flexibility index (Phi) is 4.22. The lowest BCUT2D eigenvalue weighted by Gasteiger charge is -2.34. The second-order valence-electron chi connectivity index (χ2n) is 5.31. The molecule has 0 bridgehead atoms. The Labute approximate surface area is 131 Å². The van der Waals surface area contributed by atoms with Gasteiger partial charge in [-0.3, -0.25) is 9.78 Å². The molecular formula is C14H17N5O4. The van der Waals surface area contributed by atoms with Crippen molar-refractivity contribution < 1.29 is 9.84 Å². The molecule has 1 aliphatic rings. The molecule has 2 aromatic heterocycles. The topological polar surface area (TPSA) is 124 Å². The molecule has 23 heavy (non-hydrogen) atoms.